The van der Waals surface area contributed by atoms with E-state index in [2.05, 4.69) is 55.2 Å². The summed E-state index contributed by atoms with van der Waals surface area (Å²) < 4.78 is 5.51. The Morgan fingerprint density at radius 2 is 1.73 bits per heavy atom. The second-order valence-corrected chi connectivity index (χ2v) is 10.7. The van der Waals surface area contributed by atoms with Crippen molar-refractivity contribution in [3.63, 3.8) is 0 Å². The number of ketones is 1. The molecule has 2 N–H and O–H groups in total. The van der Waals surface area contributed by atoms with Crippen LogP contribution in [0.4, 0.5) is 0 Å². The van der Waals surface area contributed by atoms with Crippen LogP contribution < -0.4 is 10.1 Å². The highest BCUT2D eigenvalue weighted by Crippen LogP contribution is 2.69. The van der Waals surface area contributed by atoms with Gasteiger partial charge in [-0.2, -0.15) is 0 Å². The van der Waals surface area contributed by atoms with E-state index in [-0.39, 0.29) is 18.2 Å². The van der Waals surface area contributed by atoms with Crippen LogP contribution in [0.15, 0.2) is 79.4 Å². The van der Waals surface area contributed by atoms with Gasteiger partial charge in [0.15, 0.2) is 5.78 Å². The van der Waals surface area contributed by atoms with Crippen molar-refractivity contribution in [2.75, 3.05) is 13.7 Å². The summed E-state index contributed by atoms with van der Waals surface area (Å²) in [5.41, 5.74) is 3.74. The lowest BCUT2D eigenvalue weighted by Crippen LogP contribution is -2.62. The molecule has 3 aromatic carbocycles. The standard InChI is InChI=1S/C32H31NO4/c1-19-12-14-21(15-13-19)31-17-16-25(23-9-4-6-10-24(23)31)32(30(35)36)18-33-27(29(31)32)28(34)20(2)22-8-5-7-11-26(22)37-3/h4-15,25,27,29,33H,2,16-18H2,1,3H3,(H,35,36). The van der Waals surface area contributed by atoms with E-state index in [1.165, 1.54) is 0 Å². The fourth-order valence-electron chi connectivity index (χ4n) is 7.74. The summed E-state index contributed by atoms with van der Waals surface area (Å²) in [5, 5.41) is 14.3. The first-order valence-electron chi connectivity index (χ1n) is 12.9. The van der Waals surface area contributed by atoms with Crippen LogP contribution in [-0.2, 0) is 15.0 Å². The summed E-state index contributed by atoms with van der Waals surface area (Å²) >= 11 is 0. The van der Waals surface area contributed by atoms with Crippen LogP contribution >= 0.6 is 0 Å². The number of benzene rings is 3. The van der Waals surface area contributed by atoms with E-state index in [9.17, 15) is 14.7 Å². The molecular weight excluding hydrogens is 462 g/mol. The van der Waals surface area contributed by atoms with Crippen LogP contribution in [0.1, 0.15) is 46.6 Å². The zero-order chi connectivity index (χ0) is 25.9. The highest BCUT2D eigenvalue weighted by atomic mass is 16.5. The number of aryl methyl sites for hydroxylation is 1. The Bertz CT molecular complexity index is 1430. The smallest absolute Gasteiger partial charge is 0.311 e. The Hall–Kier alpha value is -3.70. The van der Waals surface area contributed by atoms with Crippen molar-refractivity contribution >= 4 is 17.3 Å². The number of carboxylic acids is 1. The summed E-state index contributed by atoms with van der Waals surface area (Å²) in [5.74, 6) is -1.06. The van der Waals surface area contributed by atoms with Gasteiger partial charge in [-0.15, -0.1) is 0 Å². The molecule has 0 spiro atoms. The van der Waals surface area contributed by atoms with Gasteiger partial charge in [-0.3, -0.25) is 9.59 Å². The van der Waals surface area contributed by atoms with Gasteiger partial charge >= 0.3 is 5.97 Å². The quantitative estimate of drug-likeness (QED) is 0.466. The highest BCUT2D eigenvalue weighted by molar-refractivity contribution is 6.23. The summed E-state index contributed by atoms with van der Waals surface area (Å²) in [7, 11) is 1.57. The number of fused-ring (bicyclic) bond motifs is 1. The SMILES string of the molecule is C=C(C(=O)C1NCC2(C(=O)O)C3CCC(c4ccc(C)cc4)(c4ccccc43)C12)c1ccccc1OC. The molecule has 1 heterocycles. The zero-order valence-electron chi connectivity index (χ0n) is 21.2. The number of para-hydroxylation sites is 1. The van der Waals surface area contributed by atoms with Crippen LogP contribution in [0.3, 0.4) is 0 Å². The van der Waals surface area contributed by atoms with Gasteiger partial charge in [0.05, 0.1) is 18.6 Å². The fraction of sp³-hybridized carbons (Fsp3) is 0.312. The Kier molecular flexibility index (Phi) is 5.39. The second-order valence-electron chi connectivity index (χ2n) is 10.7. The van der Waals surface area contributed by atoms with E-state index in [1.807, 2.05) is 36.4 Å². The molecule has 1 saturated heterocycles. The molecule has 2 fully saturated rings. The zero-order valence-corrected chi connectivity index (χ0v) is 21.2. The summed E-state index contributed by atoms with van der Waals surface area (Å²) in [6, 6.07) is 23.3. The molecule has 188 valence electrons. The molecule has 5 heteroatoms. The lowest BCUT2D eigenvalue weighted by molar-refractivity contribution is -0.158. The Morgan fingerprint density at radius 1 is 1.03 bits per heavy atom. The Labute approximate surface area is 217 Å². The minimum Gasteiger partial charge on any atom is -0.496 e. The lowest BCUT2D eigenvalue weighted by atomic mass is 9.41. The van der Waals surface area contributed by atoms with E-state index in [1.54, 1.807) is 7.11 Å². The van der Waals surface area contributed by atoms with Gasteiger partial charge in [0.25, 0.3) is 0 Å². The first-order valence-corrected chi connectivity index (χ1v) is 12.9. The van der Waals surface area contributed by atoms with Crippen LogP contribution in [0.25, 0.3) is 5.57 Å². The number of nitrogens with one attached hydrogen (secondary N) is 1. The number of aliphatic carboxylic acids is 1. The van der Waals surface area contributed by atoms with Crippen molar-refractivity contribution in [3.05, 3.63) is 107 Å². The number of Topliss-reactive ketones (excluding diaryl/α,β-unsaturated/α-hetero) is 1. The third kappa shape index (κ3) is 3.07. The van der Waals surface area contributed by atoms with E-state index < -0.39 is 28.8 Å². The molecule has 3 aromatic rings. The molecule has 0 radical (unpaired) electrons. The van der Waals surface area contributed by atoms with Crippen molar-refractivity contribution in [2.45, 2.75) is 37.1 Å². The number of carbonyl (C=O) groups is 2. The number of ether oxygens (including phenoxy) is 1. The average molecular weight is 494 g/mol. The first-order chi connectivity index (χ1) is 17.9. The molecule has 5 nitrogen and oxygen atoms in total. The van der Waals surface area contributed by atoms with Crippen LogP contribution in [0, 0.1) is 18.3 Å². The summed E-state index contributed by atoms with van der Waals surface area (Å²) in [4.78, 5) is 27.5. The van der Waals surface area contributed by atoms with Crippen molar-refractivity contribution in [1.82, 2.24) is 5.32 Å². The molecule has 2 bridgehead atoms. The van der Waals surface area contributed by atoms with Gasteiger partial charge in [0.1, 0.15) is 5.75 Å². The van der Waals surface area contributed by atoms with Crippen LogP contribution in [0.2, 0.25) is 0 Å². The van der Waals surface area contributed by atoms with Gasteiger partial charge in [0.2, 0.25) is 0 Å². The topological polar surface area (TPSA) is 75.6 Å². The van der Waals surface area contributed by atoms with Crippen LogP contribution in [-0.4, -0.2) is 36.6 Å². The first kappa shape index (κ1) is 23.7. The normalized spacial score (nSPS) is 29.3. The highest BCUT2D eigenvalue weighted by Gasteiger charge is 2.72. The number of carbonyl (C=O) groups excluding carboxylic acids is 1. The molecule has 1 aliphatic heterocycles. The number of hydrogen-bond acceptors (Lipinski definition) is 4. The van der Waals surface area contributed by atoms with Crippen molar-refractivity contribution in [1.29, 1.82) is 0 Å². The minimum absolute atomic E-state index is 0.164. The van der Waals surface area contributed by atoms with Crippen LogP contribution in [0.5, 0.6) is 5.75 Å². The van der Waals surface area contributed by atoms with Gasteiger partial charge in [-0.25, -0.2) is 0 Å². The molecular formula is C32H31NO4. The molecule has 4 aliphatic rings. The monoisotopic (exact) mass is 493 g/mol. The fourth-order valence-corrected chi connectivity index (χ4v) is 7.74. The van der Waals surface area contributed by atoms with Crippen molar-refractivity contribution in [2.24, 2.45) is 11.3 Å². The largest absolute Gasteiger partial charge is 0.496 e. The molecule has 1 saturated carbocycles. The molecule has 37 heavy (non-hydrogen) atoms. The van der Waals surface area contributed by atoms with E-state index in [4.69, 9.17) is 4.74 Å². The number of carboxylic acid groups (broad SMARTS) is 1. The predicted molar refractivity (Wildman–Crippen MR) is 143 cm³/mol. The van der Waals surface area contributed by atoms with E-state index in [0.29, 0.717) is 16.9 Å². The maximum atomic E-state index is 14.2. The third-order valence-electron chi connectivity index (χ3n) is 9.28. The lowest BCUT2D eigenvalue weighted by Gasteiger charge is -2.60. The average Bonchev–Trinajstić information content (AvgIpc) is 3.37. The van der Waals surface area contributed by atoms with E-state index >= 15 is 0 Å². The summed E-state index contributed by atoms with van der Waals surface area (Å²) in [6.45, 7) is 6.48. The van der Waals surface area contributed by atoms with Crippen molar-refractivity contribution < 1.29 is 19.4 Å². The molecule has 3 aliphatic carbocycles. The molecule has 0 aromatic heterocycles. The minimum atomic E-state index is -1.10. The molecule has 5 atom stereocenters. The maximum absolute atomic E-state index is 14.2. The van der Waals surface area contributed by atoms with Gasteiger partial charge in [-0.1, -0.05) is 78.9 Å². The maximum Gasteiger partial charge on any atom is 0.311 e. The Balaban J connectivity index is 1.57. The molecule has 7 rings (SSSR count). The van der Waals surface area contributed by atoms with Gasteiger partial charge < -0.3 is 15.2 Å². The van der Waals surface area contributed by atoms with Crippen molar-refractivity contribution in [3.8, 4) is 5.75 Å². The third-order valence-corrected chi connectivity index (χ3v) is 9.28. The van der Waals surface area contributed by atoms with E-state index in [0.717, 1.165) is 35.1 Å². The molecule has 0 amide bonds. The number of methoxy groups -OCH3 is 1. The summed E-state index contributed by atoms with van der Waals surface area (Å²) in [6.07, 6.45) is 1.56. The number of hydrogen-bond donors (Lipinski definition) is 2. The predicted octanol–water partition coefficient (Wildman–Crippen LogP) is 5.12. The number of rotatable bonds is 6. The van der Waals surface area contributed by atoms with Gasteiger partial charge in [-0.05, 0) is 42.5 Å². The van der Waals surface area contributed by atoms with Gasteiger partial charge in [0, 0.05) is 34.9 Å². The molecule has 5 unspecified atom stereocenters. The second kappa shape index (κ2) is 8.42. The Morgan fingerprint density at radius 3 is 2.46 bits per heavy atom.